The number of nitrogens with two attached hydrogens (primary N) is 1. The minimum atomic E-state index is 0.160. The van der Waals surface area contributed by atoms with Gasteiger partial charge in [-0.15, -0.1) is 5.73 Å². The lowest BCUT2D eigenvalue weighted by Crippen LogP contribution is -2.08. The van der Waals surface area contributed by atoms with Gasteiger partial charge in [0.05, 0.1) is 11.4 Å². The molecule has 0 unspecified atom stereocenters. The van der Waals surface area contributed by atoms with E-state index in [0.717, 1.165) is 28.3 Å². The van der Waals surface area contributed by atoms with Crippen molar-refractivity contribution >= 4 is 11.4 Å². The van der Waals surface area contributed by atoms with Crippen LogP contribution in [0, 0.1) is 6.92 Å². The summed E-state index contributed by atoms with van der Waals surface area (Å²) in [5, 5.41) is 0. The first-order valence-corrected chi connectivity index (χ1v) is 6.54. The Morgan fingerprint density at radius 1 is 1.30 bits per heavy atom. The molecule has 0 atom stereocenters. The van der Waals surface area contributed by atoms with E-state index in [9.17, 15) is 0 Å². The molecule has 2 N–H and O–H groups in total. The van der Waals surface area contributed by atoms with Crippen LogP contribution in [0.1, 0.15) is 12.5 Å². The third-order valence-electron chi connectivity index (χ3n) is 2.94. The van der Waals surface area contributed by atoms with Crippen LogP contribution in [-0.2, 0) is 0 Å². The van der Waals surface area contributed by atoms with Crippen molar-refractivity contribution in [2.75, 3.05) is 6.73 Å². The first-order valence-electron chi connectivity index (χ1n) is 6.54. The van der Waals surface area contributed by atoms with E-state index in [1.54, 1.807) is 0 Å². The van der Waals surface area contributed by atoms with Gasteiger partial charge in [-0.05, 0) is 44.2 Å². The predicted molar refractivity (Wildman–Crippen MR) is 83.5 cm³/mol. The molecular formula is C17H18N2O. The monoisotopic (exact) mass is 266 g/mol. The second-order valence-corrected chi connectivity index (χ2v) is 4.27. The molecule has 102 valence electrons. The summed E-state index contributed by atoms with van der Waals surface area (Å²) in [5.74, 6) is 0.765. The number of nitrogens with zero attached hydrogens (tertiary/aromatic N) is 1. The number of aliphatic imine (C=N–C) groups is 1. The van der Waals surface area contributed by atoms with E-state index in [1.165, 1.54) is 0 Å². The van der Waals surface area contributed by atoms with Gasteiger partial charge in [-0.2, -0.15) is 0 Å². The molecule has 1 aromatic carbocycles. The van der Waals surface area contributed by atoms with Crippen molar-refractivity contribution < 1.29 is 4.74 Å². The Balaban J connectivity index is 2.45. The molecule has 0 amide bonds. The fourth-order valence-corrected chi connectivity index (χ4v) is 1.95. The Kier molecular flexibility index (Phi) is 4.72. The van der Waals surface area contributed by atoms with E-state index < -0.39 is 0 Å². The Morgan fingerprint density at radius 3 is 2.85 bits per heavy atom. The summed E-state index contributed by atoms with van der Waals surface area (Å²) in [5.41, 5.74) is 12.3. The van der Waals surface area contributed by atoms with Gasteiger partial charge in [0, 0.05) is 11.1 Å². The highest BCUT2D eigenvalue weighted by atomic mass is 16.5. The molecule has 2 rings (SSSR count). The molecule has 0 spiro atoms. The van der Waals surface area contributed by atoms with Crippen LogP contribution in [0.2, 0.25) is 0 Å². The number of benzene rings is 1. The second kappa shape index (κ2) is 6.71. The second-order valence-electron chi connectivity index (χ2n) is 4.27. The average Bonchev–Trinajstić information content (AvgIpc) is 2.46. The zero-order valence-corrected chi connectivity index (χ0v) is 11.8. The van der Waals surface area contributed by atoms with Crippen molar-refractivity contribution in [3.63, 3.8) is 0 Å². The topological polar surface area (TPSA) is 47.6 Å². The highest BCUT2D eigenvalue weighted by molar-refractivity contribution is 6.12. The van der Waals surface area contributed by atoms with Crippen molar-refractivity contribution in [1.82, 2.24) is 0 Å². The molecule has 20 heavy (non-hydrogen) atoms. The minimum absolute atomic E-state index is 0.160. The van der Waals surface area contributed by atoms with Gasteiger partial charge in [0.15, 0.2) is 0 Å². The standard InChI is InChI=1S/C17H18N2O/c1-3-7-14-8-4-5-9-16(14)19-15-10-6-11-17(13(15)2)20-12-18/h3-6,8-11H,12,18H2,1-2H3. The van der Waals surface area contributed by atoms with Crippen LogP contribution >= 0.6 is 0 Å². The Morgan fingerprint density at radius 2 is 2.10 bits per heavy atom. The lowest BCUT2D eigenvalue weighted by atomic mass is 10.1. The lowest BCUT2D eigenvalue weighted by molar-refractivity contribution is 0.327. The van der Waals surface area contributed by atoms with Crippen molar-refractivity contribution in [3.8, 4) is 5.75 Å². The third-order valence-corrected chi connectivity index (χ3v) is 2.94. The summed E-state index contributed by atoms with van der Waals surface area (Å²) >= 11 is 0. The van der Waals surface area contributed by atoms with Gasteiger partial charge in [0.1, 0.15) is 12.5 Å². The normalized spacial score (nSPS) is 15.3. The van der Waals surface area contributed by atoms with E-state index in [1.807, 2.05) is 62.4 Å². The van der Waals surface area contributed by atoms with Crippen LogP contribution in [0.5, 0.6) is 5.75 Å². The van der Waals surface area contributed by atoms with Crippen molar-refractivity contribution in [2.24, 2.45) is 10.7 Å². The molecule has 0 aliphatic heterocycles. The largest absolute Gasteiger partial charge is 0.478 e. The fourth-order valence-electron chi connectivity index (χ4n) is 1.95. The molecule has 1 aliphatic rings. The maximum Gasteiger partial charge on any atom is 0.137 e. The maximum absolute atomic E-state index is 5.43. The molecule has 0 bridgehead atoms. The SMILES string of the molecule is CC=C=C1C=CC=CC1=Nc1cccc(OCN)c1C. The highest BCUT2D eigenvalue weighted by Crippen LogP contribution is 2.28. The smallest absolute Gasteiger partial charge is 0.137 e. The van der Waals surface area contributed by atoms with Crippen molar-refractivity contribution in [3.05, 3.63) is 65.4 Å². The quantitative estimate of drug-likeness (QED) is 0.671. The first-order chi connectivity index (χ1) is 9.76. The van der Waals surface area contributed by atoms with Crippen LogP contribution in [0.3, 0.4) is 0 Å². The van der Waals surface area contributed by atoms with Crippen molar-refractivity contribution in [1.29, 1.82) is 0 Å². The molecule has 1 aliphatic carbocycles. The van der Waals surface area contributed by atoms with Gasteiger partial charge in [-0.25, -0.2) is 4.99 Å². The predicted octanol–water partition coefficient (Wildman–Crippen LogP) is 3.59. The Bertz CT molecular complexity index is 645. The Hall–Kier alpha value is -2.35. The number of allylic oxidation sites excluding steroid dienone is 5. The van der Waals surface area contributed by atoms with Crippen LogP contribution in [0.15, 0.2) is 64.9 Å². The molecule has 0 heterocycles. The van der Waals surface area contributed by atoms with Gasteiger partial charge in [-0.3, -0.25) is 5.73 Å². The van der Waals surface area contributed by atoms with Crippen LogP contribution in [-0.4, -0.2) is 12.4 Å². The summed E-state index contributed by atoms with van der Waals surface area (Å²) in [7, 11) is 0. The molecule has 0 saturated heterocycles. The van der Waals surface area contributed by atoms with Gasteiger partial charge in [0.25, 0.3) is 0 Å². The molecular weight excluding hydrogens is 248 g/mol. The molecule has 3 heteroatoms. The summed E-state index contributed by atoms with van der Waals surface area (Å²) < 4.78 is 5.39. The van der Waals surface area contributed by atoms with Crippen LogP contribution in [0.4, 0.5) is 5.69 Å². The van der Waals surface area contributed by atoms with Gasteiger partial charge in [0.2, 0.25) is 0 Å². The Labute approximate surface area is 119 Å². The molecule has 0 saturated carbocycles. The number of hydrogen-bond donors (Lipinski definition) is 1. The van der Waals surface area contributed by atoms with Crippen LogP contribution in [0.25, 0.3) is 0 Å². The molecule has 3 nitrogen and oxygen atoms in total. The van der Waals surface area contributed by atoms with Crippen LogP contribution < -0.4 is 10.5 Å². The minimum Gasteiger partial charge on any atom is -0.478 e. The highest BCUT2D eigenvalue weighted by Gasteiger charge is 2.07. The zero-order chi connectivity index (χ0) is 14.4. The summed E-state index contributed by atoms with van der Waals surface area (Å²) in [4.78, 5) is 4.70. The lowest BCUT2D eigenvalue weighted by Gasteiger charge is -2.10. The molecule has 0 fully saturated rings. The summed E-state index contributed by atoms with van der Waals surface area (Å²) in [6.45, 7) is 4.08. The van der Waals surface area contributed by atoms with Gasteiger partial charge < -0.3 is 4.74 Å². The molecule has 1 aromatic rings. The molecule has 0 radical (unpaired) electrons. The van der Waals surface area contributed by atoms with Gasteiger partial charge in [-0.1, -0.05) is 18.2 Å². The first kappa shape index (κ1) is 14.1. The summed E-state index contributed by atoms with van der Waals surface area (Å²) in [6, 6.07) is 5.77. The van der Waals surface area contributed by atoms with Gasteiger partial charge >= 0.3 is 0 Å². The average molecular weight is 266 g/mol. The number of hydrogen-bond acceptors (Lipinski definition) is 3. The van der Waals surface area contributed by atoms with E-state index in [-0.39, 0.29) is 6.73 Å². The van der Waals surface area contributed by atoms with E-state index in [2.05, 4.69) is 5.73 Å². The summed E-state index contributed by atoms with van der Waals surface area (Å²) in [6.07, 6.45) is 9.80. The fraction of sp³-hybridized carbons (Fsp3) is 0.176. The third kappa shape index (κ3) is 3.15. The van der Waals surface area contributed by atoms with E-state index >= 15 is 0 Å². The number of ether oxygens (including phenoxy) is 1. The zero-order valence-electron chi connectivity index (χ0n) is 11.8. The van der Waals surface area contributed by atoms with E-state index in [0.29, 0.717) is 0 Å². The molecule has 0 aromatic heterocycles. The number of rotatable bonds is 3. The van der Waals surface area contributed by atoms with Crippen molar-refractivity contribution in [2.45, 2.75) is 13.8 Å². The maximum atomic E-state index is 5.43. The van der Waals surface area contributed by atoms with E-state index in [4.69, 9.17) is 15.5 Å².